The molecular formula is C19H23N3O2. The van der Waals surface area contributed by atoms with E-state index in [1.54, 1.807) is 0 Å². The van der Waals surface area contributed by atoms with Gasteiger partial charge in [-0.15, -0.1) is 0 Å². The molecule has 1 aliphatic rings. The van der Waals surface area contributed by atoms with Crippen LogP contribution < -0.4 is 5.32 Å². The van der Waals surface area contributed by atoms with Crippen molar-refractivity contribution in [3.63, 3.8) is 0 Å². The zero-order valence-corrected chi connectivity index (χ0v) is 14.5. The van der Waals surface area contributed by atoms with Gasteiger partial charge in [-0.05, 0) is 25.2 Å². The van der Waals surface area contributed by atoms with E-state index in [9.17, 15) is 4.79 Å². The predicted octanol–water partition coefficient (Wildman–Crippen LogP) is 3.59. The van der Waals surface area contributed by atoms with Gasteiger partial charge in [-0.25, -0.2) is 0 Å². The quantitative estimate of drug-likeness (QED) is 0.853. The summed E-state index contributed by atoms with van der Waals surface area (Å²) in [5, 5.41) is 6.88. The van der Waals surface area contributed by atoms with Crippen molar-refractivity contribution in [2.24, 2.45) is 17.3 Å². The molecule has 5 nitrogen and oxygen atoms in total. The number of carbonyl (C=O) groups is 1. The Balaban J connectivity index is 1.60. The van der Waals surface area contributed by atoms with Crippen LogP contribution in [0, 0.1) is 17.3 Å². The topological polar surface area (TPSA) is 68.0 Å². The lowest BCUT2D eigenvalue weighted by molar-refractivity contribution is -0.123. The van der Waals surface area contributed by atoms with E-state index in [1.165, 1.54) is 5.57 Å². The fourth-order valence-electron chi connectivity index (χ4n) is 3.15. The zero-order valence-electron chi connectivity index (χ0n) is 14.5. The zero-order chi connectivity index (χ0) is 17.3. The van der Waals surface area contributed by atoms with Gasteiger partial charge in [0.15, 0.2) is 0 Å². The van der Waals surface area contributed by atoms with Crippen LogP contribution in [-0.2, 0) is 11.3 Å². The first-order chi connectivity index (χ1) is 11.4. The van der Waals surface area contributed by atoms with E-state index in [-0.39, 0.29) is 23.8 Å². The number of allylic oxidation sites excluding steroid dienone is 2. The van der Waals surface area contributed by atoms with E-state index in [4.69, 9.17) is 4.52 Å². The summed E-state index contributed by atoms with van der Waals surface area (Å²) >= 11 is 0. The van der Waals surface area contributed by atoms with Crippen molar-refractivity contribution in [1.29, 1.82) is 0 Å². The predicted molar refractivity (Wildman–Crippen MR) is 91.8 cm³/mol. The number of nitrogens with zero attached hydrogens (tertiary/aromatic N) is 2. The second-order valence-electron chi connectivity index (χ2n) is 7.16. The Hall–Kier alpha value is -2.43. The molecule has 1 fully saturated rings. The fraction of sp³-hybridized carbons (Fsp3) is 0.421. The Kier molecular flexibility index (Phi) is 4.26. The molecule has 24 heavy (non-hydrogen) atoms. The van der Waals surface area contributed by atoms with Gasteiger partial charge in [0, 0.05) is 5.56 Å². The number of carbonyl (C=O) groups excluding carboxylic acids is 1. The van der Waals surface area contributed by atoms with E-state index in [0.717, 1.165) is 5.56 Å². The molecule has 0 saturated heterocycles. The van der Waals surface area contributed by atoms with Gasteiger partial charge in [0.05, 0.1) is 12.5 Å². The Labute approximate surface area is 142 Å². The first kappa shape index (κ1) is 16.4. The molecule has 1 saturated carbocycles. The van der Waals surface area contributed by atoms with Crippen molar-refractivity contribution >= 4 is 5.91 Å². The van der Waals surface area contributed by atoms with Gasteiger partial charge < -0.3 is 9.84 Å². The van der Waals surface area contributed by atoms with Crippen LogP contribution in [0.5, 0.6) is 0 Å². The van der Waals surface area contributed by atoms with E-state index >= 15 is 0 Å². The highest BCUT2D eigenvalue weighted by molar-refractivity contribution is 5.83. The number of hydrogen-bond acceptors (Lipinski definition) is 4. The van der Waals surface area contributed by atoms with Gasteiger partial charge in [0.2, 0.25) is 17.6 Å². The molecule has 1 aromatic carbocycles. The lowest BCUT2D eigenvalue weighted by atomic mass is 10.1. The third-order valence-electron chi connectivity index (χ3n) is 4.62. The number of benzene rings is 1. The summed E-state index contributed by atoms with van der Waals surface area (Å²) < 4.78 is 5.23. The number of aromatic nitrogens is 2. The summed E-state index contributed by atoms with van der Waals surface area (Å²) in [5.41, 5.74) is 2.14. The fourth-order valence-corrected chi connectivity index (χ4v) is 3.15. The van der Waals surface area contributed by atoms with Crippen LogP contribution in [-0.4, -0.2) is 16.0 Å². The molecule has 0 unspecified atom stereocenters. The van der Waals surface area contributed by atoms with E-state index in [1.807, 2.05) is 30.3 Å². The lowest BCUT2D eigenvalue weighted by Crippen LogP contribution is -2.26. The molecule has 0 radical (unpaired) electrons. The van der Waals surface area contributed by atoms with Crippen LogP contribution in [0.1, 0.15) is 33.6 Å². The van der Waals surface area contributed by atoms with Crippen molar-refractivity contribution < 1.29 is 9.32 Å². The minimum absolute atomic E-state index is 0.00363. The van der Waals surface area contributed by atoms with Crippen LogP contribution >= 0.6 is 0 Å². The molecule has 1 amide bonds. The summed E-state index contributed by atoms with van der Waals surface area (Å²) in [5.74, 6) is 1.30. The number of hydrogen-bond donors (Lipinski definition) is 1. The van der Waals surface area contributed by atoms with Gasteiger partial charge in [0.1, 0.15) is 0 Å². The number of nitrogens with one attached hydrogen (secondary N) is 1. The highest BCUT2D eigenvalue weighted by atomic mass is 16.5. The molecule has 126 valence electrons. The molecule has 2 aromatic rings. The standard InChI is InChI=1S/C19H23N3O2/c1-12(2)10-14-16(19(14,3)4)18(23)20-11-15-21-17(22-24-15)13-8-6-5-7-9-13/h5-10,14,16H,11H2,1-4H3,(H,20,23)/t14-,16-/m0/s1. The minimum atomic E-state index is 0.00363. The van der Waals surface area contributed by atoms with Gasteiger partial charge >= 0.3 is 0 Å². The van der Waals surface area contributed by atoms with Crippen LogP contribution in [0.4, 0.5) is 0 Å². The van der Waals surface area contributed by atoms with Crippen molar-refractivity contribution in [3.8, 4) is 11.4 Å². The molecule has 0 aliphatic heterocycles. The average Bonchev–Trinajstić information content (AvgIpc) is 2.90. The maximum atomic E-state index is 12.4. The smallest absolute Gasteiger partial charge is 0.246 e. The van der Waals surface area contributed by atoms with Gasteiger partial charge in [-0.1, -0.05) is 61.0 Å². The molecule has 2 atom stereocenters. The number of amides is 1. The summed E-state index contributed by atoms with van der Waals surface area (Å²) in [6.45, 7) is 8.63. The van der Waals surface area contributed by atoms with Crippen LogP contribution in [0.2, 0.25) is 0 Å². The van der Waals surface area contributed by atoms with Gasteiger partial charge in [-0.2, -0.15) is 4.98 Å². The van der Waals surface area contributed by atoms with E-state index < -0.39 is 0 Å². The third kappa shape index (κ3) is 3.25. The molecule has 0 bridgehead atoms. The Morgan fingerprint density at radius 3 is 2.67 bits per heavy atom. The molecule has 5 heteroatoms. The molecular weight excluding hydrogens is 302 g/mol. The monoisotopic (exact) mass is 325 g/mol. The van der Waals surface area contributed by atoms with Crippen molar-refractivity contribution in [2.45, 2.75) is 34.2 Å². The Bertz CT molecular complexity index is 758. The molecule has 3 rings (SSSR count). The largest absolute Gasteiger partial charge is 0.347 e. The Morgan fingerprint density at radius 2 is 2.00 bits per heavy atom. The highest BCUT2D eigenvalue weighted by Gasteiger charge is 2.60. The average molecular weight is 325 g/mol. The molecule has 1 aromatic heterocycles. The summed E-state index contributed by atoms with van der Waals surface area (Å²) in [6.07, 6.45) is 2.18. The summed E-state index contributed by atoms with van der Waals surface area (Å²) in [4.78, 5) is 16.8. The highest BCUT2D eigenvalue weighted by Crippen LogP contribution is 2.59. The maximum Gasteiger partial charge on any atom is 0.246 e. The second kappa shape index (κ2) is 6.23. The van der Waals surface area contributed by atoms with Gasteiger partial charge in [0.25, 0.3) is 0 Å². The first-order valence-electron chi connectivity index (χ1n) is 8.20. The van der Waals surface area contributed by atoms with Crippen molar-refractivity contribution in [1.82, 2.24) is 15.5 Å². The third-order valence-corrected chi connectivity index (χ3v) is 4.62. The summed E-state index contributed by atoms with van der Waals surface area (Å²) in [7, 11) is 0. The SMILES string of the molecule is CC(C)=C[C@H]1[C@@H](C(=O)NCc2nc(-c3ccccc3)no2)C1(C)C. The van der Waals surface area contributed by atoms with Crippen molar-refractivity contribution in [3.05, 3.63) is 47.9 Å². The van der Waals surface area contributed by atoms with E-state index in [0.29, 0.717) is 17.6 Å². The maximum absolute atomic E-state index is 12.4. The number of rotatable bonds is 5. The van der Waals surface area contributed by atoms with Crippen LogP contribution in [0.15, 0.2) is 46.5 Å². The normalized spacial score (nSPS) is 21.2. The van der Waals surface area contributed by atoms with E-state index in [2.05, 4.69) is 49.2 Å². The lowest BCUT2D eigenvalue weighted by Gasteiger charge is -2.03. The minimum Gasteiger partial charge on any atom is -0.347 e. The first-order valence-corrected chi connectivity index (χ1v) is 8.20. The molecule has 1 aliphatic carbocycles. The van der Waals surface area contributed by atoms with Crippen molar-refractivity contribution in [2.75, 3.05) is 0 Å². The molecule has 0 spiro atoms. The Morgan fingerprint density at radius 1 is 1.29 bits per heavy atom. The van der Waals surface area contributed by atoms with Crippen LogP contribution in [0.25, 0.3) is 11.4 Å². The van der Waals surface area contributed by atoms with Gasteiger partial charge in [-0.3, -0.25) is 4.79 Å². The summed E-state index contributed by atoms with van der Waals surface area (Å²) in [6, 6.07) is 9.62. The van der Waals surface area contributed by atoms with Crippen LogP contribution in [0.3, 0.4) is 0 Å². The molecule has 1 heterocycles. The second-order valence-corrected chi connectivity index (χ2v) is 7.16. The molecule has 1 N–H and O–H groups in total.